The van der Waals surface area contributed by atoms with Crippen LogP contribution < -0.4 is 10.6 Å². The molecule has 1 aromatic heterocycles. The number of pyridine rings is 1. The lowest BCUT2D eigenvalue weighted by Gasteiger charge is -2.39. The van der Waals surface area contributed by atoms with Crippen LogP contribution in [0.2, 0.25) is 0 Å². The standard InChI is InChI=1S/C36H41N3O5/c1-36(2,3)33(29-16-14-27(15-17-29)28-18-20-37-21-19-28)31(39-35(43)44-24-26-12-8-5-9-13-26)23-32(40)30(38-34(41)42)22-25-10-6-4-7-11-25/h4-21,30-33,38,40H,22-24H2,1-3H3,(H,39,43)(H,41,42)/t30-,31-,32+,33?/m0/s1. The summed E-state index contributed by atoms with van der Waals surface area (Å²) < 4.78 is 5.59. The summed E-state index contributed by atoms with van der Waals surface area (Å²) in [6.45, 7) is 6.35. The molecule has 0 spiro atoms. The van der Waals surface area contributed by atoms with Gasteiger partial charge in [0.1, 0.15) is 6.61 Å². The lowest BCUT2D eigenvalue weighted by molar-refractivity contribution is 0.0824. The van der Waals surface area contributed by atoms with E-state index in [9.17, 15) is 19.8 Å². The zero-order chi connectivity index (χ0) is 31.5. The van der Waals surface area contributed by atoms with E-state index in [0.717, 1.165) is 27.8 Å². The molecule has 1 unspecified atom stereocenters. The van der Waals surface area contributed by atoms with Crippen LogP contribution >= 0.6 is 0 Å². The summed E-state index contributed by atoms with van der Waals surface area (Å²) in [5.41, 5.74) is 4.43. The highest BCUT2D eigenvalue weighted by atomic mass is 16.5. The van der Waals surface area contributed by atoms with Gasteiger partial charge in [0.05, 0.1) is 12.1 Å². The van der Waals surface area contributed by atoms with E-state index in [-0.39, 0.29) is 24.4 Å². The molecular formula is C36H41N3O5. The number of rotatable bonds is 12. The van der Waals surface area contributed by atoms with Gasteiger partial charge in [0.15, 0.2) is 0 Å². The van der Waals surface area contributed by atoms with Gasteiger partial charge in [0.25, 0.3) is 0 Å². The van der Waals surface area contributed by atoms with Gasteiger partial charge < -0.3 is 25.6 Å². The van der Waals surface area contributed by atoms with Crippen LogP contribution in [0.25, 0.3) is 11.1 Å². The second kappa shape index (κ2) is 15.2. The van der Waals surface area contributed by atoms with Crippen molar-refractivity contribution >= 4 is 12.2 Å². The molecule has 4 atom stereocenters. The average Bonchev–Trinajstić information content (AvgIpc) is 3.00. The summed E-state index contributed by atoms with van der Waals surface area (Å²) in [5.74, 6) is -0.255. The summed E-state index contributed by atoms with van der Waals surface area (Å²) in [5, 5.41) is 26.7. The number of hydrogen-bond acceptors (Lipinski definition) is 5. The molecule has 8 heteroatoms. The summed E-state index contributed by atoms with van der Waals surface area (Å²) in [4.78, 5) is 29.1. The van der Waals surface area contributed by atoms with E-state index in [1.807, 2.05) is 97.1 Å². The Morgan fingerprint density at radius 1 is 0.773 bits per heavy atom. The molecule has 4 N–H and O–H groups in total. The molecule has 230 valence electrons. The van der Waals surface area contributed by atoms with Crippen LogP contribution in [-0.2, 0) is 17.8 Å². The Kier molecular flexibility index (Phi) is 11.1. The smallest absolute Gasteiger partial charge is 0.407 e. The van der Waals surface area contributed by atoms with Crippen LogP contribution in [0.1, 0.15) is 49.8 Å². The monoisotopic (exact) mass is 595 g/mol. The van der Waals surface area contributed by atoms with Crippen molar-refractivity contribution in [3.8, 4) is 11.1 Å². The normalized spacial score (nSPS) is 14.1. The first-order chi connectivity index (χ1) is 21.1. The number of amides is 2. The van der Waals surface area contributed by atoms with Gasteiger partial charge in [-0.05, 0) is 58.2 Å². The van der Waals surface area contributed by atoms with E-state index in [1.54, 1.807) is 12.4 Å². The first-order valence-corrected chi connectivity index (χ1v) is 14.8. The fourth-order valence-corrected chi connectivity index (χ4v) is 5.69. The molecule has 4 rings (SSSR count). The molecule has 0 aliphatic rings. The summed E-state index contributed by atoms with van der Waals surface area (Å²) in [6, 6.07) is 29.5. The van der Waals surface area contributed by atoms with Crippen molar-refractivity contribution in [3.63, 3.8) is 0 Å². The molecule has 0 radical (unpaired) electrons. The molecule has 0 aliphatic heterocycles. The number of aliphatic hydroxyl groups excluding tert-OH is 1. The highest BCUT2D eigenvalue weighted by molar-refractivity contribution is 5.68. The van der Waals surface area contributed by atoms with Gasteiger partial charge in [-0.15, -0.1) is 0 Å². The Hall–Kier alpha value is -4.69. The minimum absolute atomic E-state index is 0.0895. The Bertz CT molecular complexity index is 1460. The van der Waals surface area contributed by atoms with Crippen molar-refractivity contribution in [2.45, 2.75) is 64.3 Å². The highest BCUT2D eigenvalue weighted by Gasteiger charge is 2.37. The largest absolute Gasteiger partial charge is 0.465 e. The van der Waals surface area contributed by atoms with E-state index in [4.69, 9.17) is 4.74 Å². The second-order valence-corrected chi connectivity index (χ2v) is 12.1. The molecule has 0 fully saturated rings. The summed E-state index contributed by atoms with van der Waals surface area (Å²) in [6.07, 6.45) is 0.940. The predicted molar refractivity (Wildman–Crippen MR) is 171 cm³/mol. The van der Waals surface area contributed by atoms with Crippen LogP contribution in [0.3, 0.4) is 0 Å². The van der Waals surface area contributed by atoms with Crippen LogP contribution in [0.5, 0.6) is 0 Å². The number of ether oxygens (including phenoxy) is 1. The van der Waals surface area contributed by atoms with Crippen LogP contribution in [0, 0.1) is 5.41 Å². The first-order valence-electron chi connectivity index (χ1n) is 14.8. The third kappa shape index (κ3) is 9.41. The third-order valence-electron chi connectivity index (χ3n) is 7.70. The maximum absolute atomic E-state index is 13.2. The van der Waals surface area contributed by atoms with Gasteiger partial charge in [-0.1, -0.05) is 106 Å². The topological polar surface area (TPSA) is 121 Å². The van der Waals surface area contributed by atoms with Crippen molar-refractivity contribution in [3.05, 3.63) is 126 Å². The van der Waals surface area contributed by atoms with Gasteiger partial charge >= 0.3 is 12.2 Å². The van der Waals surface area contributed by atoms with Crippen molar-refractivity contribution in [2.75, 3.05) is 0 Å². The molecule has 3 aromatic carbocycles. The number of carbonyl (C=O) groups excluding carboxylic acids is 1. The zero-order valence-corrected chi connectivity index (χ0v) is 25.4. The predicted octanol–water partition coefficient (Wildman–Crippen LogP) is 6.80. The number of carboxylic acid groups (broad SMARTS) is 1. The quantitative estimate of drug-likeness (QED) is 0.143. The van der Waals surface area contributed by atoms with Gasteiger partial charge in [0, 0.05) is 24.4 Å². The number of benzene rings is 3. The molecule has 44 heavy (non-hydrogen) atoms. The third-order valence-corrected chi connectivity index (χ3v) is 7.70. The highest BCUT2D eigenvalue weighted by Crippen LogP contribution is 2.40. The van der Waals surface area contributed by atoms with Crippen molar-refractivity contribution in [2.24, 2.45) is 5.41 Å². The fraction of sp³-hybridized carbons (Fsp3) is 0.306. The van der Waals surface area contributed by atoms with Crippen LogP contribution in [-0.4, -0.2) is 45.6 Å². The Labute approximate surface area is 259 Å². The van der Waals surface area contributed by atoms with E-state index < -0.39 is 30.4 Å². The molecule has 0 saturated heterocycles. The van der Waals surface area contributed by atoms with Crippen molar-refractivity contribution in [1.29, 1.82) is 0 Å². The summed E-state index contributed by atoms with van der Waals surface area (Å²) in [7, 11) is 0. The number of nitrogens with zero attached hydrogens (tertiary/aromatic N) is 1. The Morgan fingerprint density at radius 3 is 1.91 bits per heavy atom. The number of carbonyl (C=O) groups is 2. The lowest BCUT2D eigenvalue weighted by Crippen LogP contribution is -2.50. The van der Waals surface area contributed by atoms with Crippen molar-refractivity contribution in [1.82, 2.24) is 15.6 Å². The number of hydrogen-bond donors (Lipinski definition) is 4. The fourth-order valence-electron chi connectivity index (χ4n) is 5.69. The second-order valence-electron chi connectivity index (χ2n) is 12.1. The number of alkyl carbamates (subject to hydrolysis) is 1. The zero-order valence-electron chi connectivity index (χ0n) is 25.4. The Morgan fingerprint density at radius 2 is 1.34 bits per heavy atom. The number of nitrogens with one attached hydrogen (secondary N) is 2. The van der Waals surface area contributed by atoms with Crippen LogP contribution in [0.4, 0.5) is 9.59 Å². The molecular weight excluding hydrogens is 554 g/mol. The van der Waals surface area contributed by atoms with E-state index >= 15 is 0 Å². The average molecular weight is 596 g/mol. The minimum atomic E-state index is -1.23. The van der Waals surface area contributed by atoms with Crippen molar-refractivity contribution < 1.29 is 24.5 Å². The molecule has 0 bridgehead atoms. The van der Waals surface area contributed by atoms with Crippen LogP contribution in [0.15, 0.2) is 109 Å². The SMILES string of the molecule is CC(C)(C)C(c1ccc(-c2ccncc2)cc1)[C@H](C[C@@H](O)[C@H](Cc1ccccc1)NC(=O)O)NC(=O)OCc1ccccc1. The molecule has 0 aliphatic carbocycles. The summed E-state index contributed by atoms with van der Waals surface area (Å²) >= 11 is 0. The maximum atomic E-state index is 13.2. The van der Waals surface area contributed by atoms with E-state index in [0.29, 0.717) is 6.42 Å². The van der Waals surface area contributed by atoms with Gasteiger partial charge in [-0.3, -0.25) is 4.98 Å². The minimum Gasteiger partial charge on any atom is -0.465 e. The van der Waals surface area contributed by atoms with Gasteiger partial charge in [-0.2, -0.15) is 0 Å². The van der Waals surface area contributed by atoms with E-state index in [1.165, 1.54) is 0 Å². The van der Waals surface area contributed by atoms with Gasteiger partial charge in [0.2, 0.25) is 0 Å². The Balaban J connectivity index is 1.63. The lowest BCUT2D eigenvalue weighted by atomic mass is 9.70. The maximum Gasteiger partial charge on any atom is 0.407 e. The molecule has 2 amide bonds. The molecule has 0 saturated carbocycles. The number of aromatic nitrogens is 1. The van der Waals surface area contributed by atoms with E-state index in [2.05, 4.69) is 36.4 Å². The molecule has 4 aromatic rings. The number of aliphatic hydroxyl groups is 1. The van der Waals surface area contributed by atoms with Gasteiger partial charge in [-0.25, -0.2) is 9.59 Å². The molecule has 8 nitrogen and oxygen atoms in total. The first kappa shape index (κ1) is 32.2. The molecule has 1 heterocycles.